The van der Waals surface area contributed by atoms with E-state index in [1.807, 2.05) is 0 Å². The van der Waals surface area contributed by atoms with E-state index < -0.39 is 0 Å². The van der Waals surface area contributed by atoms with Gasteiger partial charge in [0.25, 0.3) is 0 Å². The second-order valence-electron chi connectivity index (χ2n) is 15.2. The highest BCUT2D eigenvalue weighted by atomic mass is 15.1. The Hall–Kier alpha value is -3.78. The molecule has 0 fully saturated rings. The number of nitrogens with zero attached hydrogens (tertiary/aromatic N) is 2. The third kappa shape index (κ3) is 3.57. The summed E-state index contributed by atoms with van der Waals surface area (Å²) in [5.41, 5.74) is 17.6. The van der Waals surface area contributed by atoms with Gasteiger partial charge in [-0.1, -0.05) is 88.4 Å². The van der Waals surface area contributed by atoms with Crippen molar-refractivity contribution in [2.75, 3.05) is 29.4 Å². The smallest absolute Gasteiger partial charge is 0.0500 e. The molecule has 0 N–H and O–H groups in total. The molecule has 242 valence electrons. The van der Waals surface area contributed by atoms with Crippen molar-refractivity contribution in [1.29, 1.82) is 0 Å². The van der Waals surface area contributed by atoms with Crippen LogP contribution in [0.1, 0.15) is 119 Å². The van der Waals surface area contributed by atoms with Gasteiger partial charge in [-0.25, -0.2) is 0 Å². The maximum absolute atomic E-state index is 2.61. The zero-order valence-electron chi connectivity index (χ0n) is 30.0. The van der Waals surface area contributed by atoms with Crippen molar-refractivity contribution < 1.29 is 0 Å². The fraction of sp³-hybridized carbons (Fsp3) is 0.422. The molecule has 0 aliphatic heterocycles. The molecule has 4 aromatic carbocycles. The SMILES string of the molecule is CCN(CC)c1ccc2c(c1)C1=C(c3cc(N(CC)C(C)C)ccc3C13c1ccccc1[C@H](C)[C@@H]3C)C21c2ccccc2[C@H](C)[C@@H]1C. The third-order valence-electron chi connectivity index (χ3n) is 13.5. The molecule has 0 amide bonds. The molecule has 4 aliphatic rings. The summed E-state index contributed by atoms with van der Waals surface area (Å²) >= 11 is 0. The van der Waals surface area contributed by atoms with Crippen LogP contribution in [0.2, 0.25) is 0 Å². The van der Waals surface area contributed by atoms with Gasteiger partial charge in [-0.2, -0.15) is 0 Å². The molecule has 0 saturated heterocycles. The summed E-state index contributed by atoms with van der Waals surface area (Å²) in [6.45, 7) is 24.6. The first-order valence-electron chi connectivity index (χ1n) is 18.4. The largest absolute Gasteiger partial charge is 0.372 e. The Labute approximate surface area is 283 Å². The number of hydrogen-bond donors (Lipinski definition) is 0. The van der Waals surface area contributed by atoms with Gasteiger partial charge in [-0.15, -0.1) is 0 Å². The van der Waals surface area contributed by atoms with Crippen LogP contribution in [0.25, 0.3) is 11.1 Å². The number of anilines is 2. The maximum atomic E-state index is 2.61. The van der Waals surface area contributed by atoms with E-state index in [-0.39, 0.29) is 10.8 Å². The van der Waals surface area contributed by atoms with Crippen LogP contribution in [0.15, 0.2) is 84.9 Å². The second kappa shape index (κ2) is 10.6. The molecule has 0 aromatic heterocycles. The van der Waals surface area contributed by atoms with Crippen molar-refractivity contribution in [3.63, 3.8) is 0 Å². The molecule has 0 bridgehead atoms. The van der Waals surface area contributed by atoms with Crippen molar-refractivity contribution >= 4 is 22.5 Å². The van der Waals surface area contributed by atoms with E-state index in [1.54, 1.807) is 11.1 Å². The van der Waals surface area contributed by atoms with Crippen LogP contribution in [0, 0.1) is 11.8 Å². The molecular formula is C45H52N2. The monoisotopic (exact) mass is 620 g/mol. The van der Waals surface area contributed by atoms with Gasteiger partial charge in [-0.3, -0.25) is 0 Å². The lowest BCUT2D eigenvalue weighted by Crippen LogP contribution is -2.34. The minimum atomic E-state index is -0.200. The van der Waals surface area contributed by atoms with Gasteiger partial charge in [-0.05, 0) is 138 Å². The number of allylic oxidation sites excluding steroid dienone is 2. The highest BCUT2D eigenvalue weighted by Gasteiger charge is 2.66. The van der Waals surface area contributed by atoms with Crippen LogP contribution in [0.3, 0.4) is 0 Å². The van der Waals surface area contributed by atoms with Crippen molar-refractivity contribution in [3.8, 4) is 0 Å². The average molecular weight is 621 g/mol. The molecule has 2 spiro atoms. The normalized spacial score (nSPS) is 27.8. The third-order valence-corrected chi connectivity index (χ3v) is 13.5. The standard InChI is InChI=1S/C45H52N2/c1-10-46(11-2)32-21-23-40-36(25-32)42-43(44(40)30(8)28(6)34-17-13-15-19-38(34)44)37-26-33(47(12-3)27(4)5)22-24-41(37)45(42)31(9)29(7)35-18-14-16-20-39(35)45/h13-31H,10-12H2,1-9H3/t28-,29-,30+,31+,44?,45?/m1/s1. The van der Waals surface area contributed by atoms with Crippen molar-refractivity contribution in [2.24, 2.45) is 11.8 Å². The molecule has 47 heavy (non-hydrogen) atoms. The zero-order valence-corrected chi connectivity index (χ0v) is 30.0. The number of fused-ring (bicyclic) bond motifs is 12. The topological polar surface area (TPSA) is 6.48 Å². The first-order valence-corrected chi connectivity index (χ1v) is 18.4. The highest BCUT2D eigenvalue weighted by Crippen LogP contribution is 2.75. The van der Waals surface area contributed by atoms with E-state index in [0.717, 1.165) is 19.6 Å². The molecular weight excluding hydrogens is 569 g/mol. The van der Waals surface area contributed by atoms with E-state index in [2.05, 4.69) is 157 Å². The Morgan fingerprint density at radius 2 is 1.00 bits per heavy atom. The average Bonchev–Trinajstić information content (AvgIpc) is 3.71. The minimum absolute atomic E-state index is 0.200. The summed E-state index contributed by atoms with van der Waals surface area (Å²) in [7, 11) is 0. The molecule has 2 nitrogen and oxygen atoms in total. The van der Waals surface area contributed by atoms with E-state index in [1.165, 1.54) is 55.9 Å². The van der Waals surface area contributed by atoms with E-state index in [0.29, 0.717) is 29.7 Å². The highest BCUT2D eigenvalue weighted by molar-refractivity contribution is 6.14. The van der Waals surface area contributed by atoms with Gasteiger partial charge in [0, 0.05) is 37.1 Å². The Balaban J connectivity index is 1.56. The predicted octanol–water partition coefficient (Wildman–Crippen LogP) is 10.8. The molecule has 6 atom stereocenters. The van der Waals surface area contributed by atoms with Crippen LogP contribution >= 0.6 is 0 Å². The Morgan fingerprint density at radius 1 is 0.553 bits per heavy atom. The zero-order chi connectivity index (χ0) is 33.0. The molecule has 0 radical (unpaired) electrons. The summed E-state index contributed by atoms with van der Waals surface area (Å²) < 4.78 is 0. The first kappa shape index (κ1) is 30.5. The van der Waals surface area contributed by atoms with Gasteiger partial charge in [0.15, 0.2) is 0 Å². The molecule has 2 heteroatoms. The van der Waals surface area contributed by atoms with Gasteiger partial charge < -0.3 is 9.80 Å². The van der Waals surface area contributed by atoms with Crippen molar-refractivity contribution in [1.82, 2.24) is 0 Å². The van der Waals surface area contributed by atoms with Crippen LogP contribution in [0.4, 0.5) is 11.4 Å². The molecule has 8 rings (SSSR count). The fourth-order valence-corrected chi connectivity index (χ4v) is 11.1. The summed E-state index contributed by atoms with van der Waals surface area (Å²) in [6.07, 6.45) is 0. The van der Waals surface area contributed by atoms with Crippen molar-refractivity contribution in [2.45, 2.75) is 91.0 Å². The van der Waals surface area contributed by atoms with Gasteiger partial charge in [0.2, 0.25) is 0 Å². The van der Waals surface area contributed by atoms with E-state index in [9.17, 15) is 0 Å². The minimum Gasteiger partial charge on any atom is -0.372 e. The summed E-state index contributed by atoms with van der Waals surface area (Å²) in [6, 6.07) is 34.5. The molecule has 0 heterocycles. The summed E-state index contributed by atoms with van der Waals surface area (Å²) in [4.78, 5) is 5.10. The summed E-state index contributed by atoms with van der Waals surface area (Å²) in [5.74, 6) is 1.78. The second-order valence-corrected chi connectivity index (χ2v) is 15.2. The number of rotatable bonds is 6. The lowest BCUT2D eigenvalue weighted by Gasteiger charge is -2.39. The quantitative estimate of drug-likeness (QED) is 0.212. The van der Waals surface area contributed by atoms with Gasteiger partial charge in [0.05, 0.1) is 10.8 Å². The fourth-order valence-electron chi connectivity index (χ4n) is 11.1. The first-order chi connectivity index (χ1) is 22.7. The van der Waals surface area contributed by atoms with Crippen LogP contribution in [0.5, 0.6) is 0 Å². The van der Waals surface area contributed by atoms with E-state index in [4.69, 9.17) is 0 Å². The van der Waals surface area contributed by atoms with Crippen LogP contribution in [-0.2, 0) is 10.8 Å². The van der Waals surface area contributed by atoms with Crippen molar-refractivity contribution in [3.05, 3.63) is 129 Å². The maximum Gasteiger partial charge on any atom is 0.0500 e. The molecule has 4 aliphatic carbocycles. The Morgan fingerprint density at radius 3 is 1.45 bits per heavy atom. The van der Waals surface area contributed by atoms with Crippen LogP contribution in [-0.4, -0.2) is 25.7 Å². The Bertz CT molecular complexity index is 1930. The van der Waals surface area contributed by atoms with Crippen LogP contribution < -0.4 is 9.80 Å². The lowest BCUT2D eigenvalue weighted by atomic mass is 9.63. The van der Waals surface area contributed by atoms with E-state index >= 15 is 0 Å². The number of hydrogen-bond acceptors (Lipinski definition) is 2. The molecule has 4 aromatic rings. The predicted molar refractivity (Wildman–Crippen MR) is 201 cm³/mol. The summed E-state index contributed by atoms with van der Waals surface area (Å²) in [5, 5.41) is 0. The van der Waals surface area contributed by atoms with Gasteiger partial charge in [0.1, 0.15) is 0 Å². The molecule has 0 saturated carbocycles. The lowest BCUT2D eigenvalue weighted by molar-refractivity contribution is 0.418. The number of benzene rings is 4. The molecule has 2 unspecified atom stereocenters. The Kier molecular flexibility index (Phi) is 6.90. The van der Waals surface area contributed by atoms with Gasteiger partial charge >= 0.3 is 0 Å².